The predicted molar refractivity (Wildman–Crippen MR) is 193 cm³/mol. The molecule has 0 amide bonds. The molecular weight excluding hydrogens is 524 g/mol. The van der Waals surface area contributed by atoms with E-state index in [0.717, 1.165) is 18.8 Å². The highest BCUT2D eigenvalue weighted by atomic mass is 16.5. The third-order valence-electron chi connectivity index (χ3n) is 9.71. The minimum Gasteiger partial charge on any atom is -0.466 e. The number of hydrogen-bond donors (Lipinski definition) is 0. The fourth-order valence-electron chi connectivity index (χ4n) is 6.62. The zero-order valence-corrected chi connectivity index (χ0v) is 30.3. The van der Waals surface area contributed by atoms with Gasteiger partial charge in [0.05, 0.1) is 6.61 Å². The molecule has 43 heavy (non-hydrogen) atoms. The summed E-state index contributed by atoms with van der Waals surface area (Å²) in [5.41, 5.74) is 0. The van der Waals surface area contributed by atoms with E-state index in [0.29, 0.717) is 13.0 Å². The Kier molecular flexibility index (Phi) is 37.2. The zero-order valence-electron chi connectivity index (χ0n) is 30.3. The average Bonchev–Trinajstić information content (AvgIpc) is 3.01. The van der Waals surface area contributed by atoms with Crippen molar-refractivity contribution < 1.29 is 9.53 Å². The number of carbonyl (C=O) groups excluding carboxylic acids is 1. The molecular formula is C41H82O2. The standard InChI is InChI=1S/C41H82O2/c1-4-7-10-13-16-19-22-25-28-31-34-37-41(42)43-39-38-40(35-32-29-26-23-20-17-14-11-8-5-2)36-33-30-27-24-21-18-15-12-9-6-3/h40H,4-39H2,1-3H3. The second-order valence-electron chi connectivity index (χ2n) is 14.1. The Morgan fingerprint density at radius 2 is 0.651 bits per heavy atom. The van der Waals surface area contributed by atoms with Crippen LogP contribution < -0.4 is 0 Å². The van der Waals surface area contributed by atoms with Crippen molar-refractivity contribution in [2.75, 3.05) is 6.61 Å². The molecule has 0 aliphatic carbocycles. The summed E-state index contributed by atoms with van der Waals surface area (Å²) in [6, 6.07) is 0. The number of carbonyl (C=O) groups is 1. The largest absolute Gasteiger partial charge is 0.466 e. The molecule has 0 atom stereocenters. The maximum absolute atomic E-state index is 12.4. The van der Waals surface area contributed by atoms with Gasteiger partial charge in [-0.25, -0.2) is 0 Å². The van der Waals surface area contributed by atoms with E-state index >= 15 is 0 Å². The van der Waals surface area contributed by atoms with Crippen LogP contribution in [0.2, 0.25) is 0 Å². The van der Waals surface area contributed by atoms with Crippen molar-refractivity contribution >= 4 is 5.97 Å². The first-order chi connectivity index (χ1) is 21.2. The van der Waals surface area contributed by atoms with E-state index in [1.807, 2.05) is 0 Å². The van der Waals surface area contributed by atoms with Crippen molar-refractivity contribution in [2.45, 2.75) is 245 Å². The summed E-state index contributed by atoms with van der Waals surface area (Å²) in [6.45, 7) is 7.53. The second kappa shape index (κ2) is 37.7. The molecule has 0 aromatic rings. The number of hydrogen-bond acceptors (Lipinski definition) is 2. The van der Waals surface area contributed by atoms with Crippen molar-refractivity contribution in [2.24, 2.45) is 5.92 Å². The van der Waals surface area contributed by atoms with Crippen LogP contribution in [0.5, 0.6) is 0 Å². The van der Waals surface area contributed by atoms with Crippen molar-refractivity contribution in [1.82, 2.24) is 0 Å². The highest BCUT2D eigenvalue weighted by molar-refractivity contribution is 5.69. The molecule has 0 saturated heterocycles. The molecule has 0 heterocycles. The quantitative estimate of drug-likeness (QED) is 0.0519. The Bertz CT molecular complexity index is 492. The summed E-state index contributed by atoms with van der Waals surface area (Å²) < 4.78 is 5.72. The van der Waals surface area contributed by atoms with Crippen LogP contribution in [0, 0.1) is 5.92 Å². The lowest BCUT2D eigenvalue weighted by Crippen LogP contribution is -2.10. The summed E-state index contributed by atoms with van der Waals surface area (Å²) in [4.78, 5) is 12.4. The van der Waals surface area contributed by atoms with Gasteiger partial charge in [-0.3, -0.25) is 4.79 Å². The minimum absolute atomic E-state index is 0.0487. The van der Waals surface area contributed by atoms with Gasteiger partial charge in [0.1, 0.15) is 0 Å². The Morgan fingerprint density at radius 1 is 0.372 bits per heavy atom. The molecule has 0 aliphatic heterocycles. The number of unbranched alkanes of at least 4 members (excludes halogenated alkanes) is 28. The minimum atomic E-state index is 0.0487. The molecule has 0 N–H and O–H groups in total. The lowest BCUT2D eigenvalue weighted by atomic mass is 9.91. The number of esters is 1. The second-order valence-corrected chi connectivity index (χ2v) is 14.1. The van der Waals surface area contributed by atoms with E-state index in [4.69, 9.17) is 4.74 Å². The summed E-state index contributed by atoms with van der Waals surface area (Å²) >= 11 is 0. The van der Waals surface area contributed by atoms with Crippen LogP contribution in [0.1, 0.15) is 245 Å². The highest BCUT2D eigenvalue weighted by Gasteiger charge is 2.11. The molecule has 0 aromatic heterocycles. The van der Waals surface area contributed by atoms with Gasteiger partial charge in [0.25, 0.3) is 0 Å². The van der Waals surface area contributed by atoms with E-state index in [1.165, 1.54) is 205 Å². The highest BCUT2D eigenvalue weighted by Crippen LogP contribution is 2.23. The topological polar surface area (TPSA) is 26.3 Å². The molecule has 0 fully saturated rings. The fourth-order valence-corrected chi connectivity index (χ4v) is 6.62. The molecule has 258 valence electrons. The van der Waals surface area contributed by atoms with Crippen LogP contribution >= 0.6 is 0 Å². The van der Waals surface area contributed by atoms with Crippen molar-refractivity contribution in [3.63, 3.8) is 0 Å². The Labute approximate surface area is 273 Å². The van der Waals surface area contributed by atoms with Crippen molar-refractivity contribution in [1.29, 1.82) is 0 Å². The Hall–Kier alpha value is -0.530. The molecule has 0 aliphatic rings. The van der Waals surface area contributed by atoms with Gasteiger partial charge in [-0.05, 0) is 18.8 Å². The van der Waals surface area contributed by atoms with Gasteiger partial charge in [0.15, 0.2) is 0 Å². The SMILES string of the molecule is CCCCCCCCCCCCCC(=O)OCCC(CCCCCCCCCCCC)CCCCCCCCCCCC. The van der Waals surface area contributed by atoms with Gasteiger partial charge in [0.2, 0.25) is 0 Å². The first kappa shape index (κ1) is 42.5. The first-order valence-electron chi connectivity index (χ1n) is 20.4. The van der Waals surface area contributed by atoms with Crippen molar-refractivity contribution in [3.8, 4) is 0 Å². The Balaban J connectivity index is 3.99. The smallest absolute Gasteiger partial charge is 0.305 e. The predicted octanol–water partition coefficient (Wildman–Crippen LogP) is 14.9. The van der Waals surface area contributed by atoms with Crippen LogP contribution in [0.15, 0.2) is 0 Å². The van der Waals surface area contributed by atoms with E-state index in [-0.39, 0.29) is 5.97 Å². The van der Waals surface area contributed by atoms with E-state index in [1.54, 1.807) is 0 Å². The first-order valence-corrected chi connectivity index (χ1v) is 20.4. The molecule has 0 unspecified atom stereocenters. The maximum atomic E-state index is 12.4. The maximum Gasteiger partial charge on any atom is 0.305 e. The molecule has 0 bridgehead atoms. The van der Waals surface area contributed by atoms with Crippen molar-refractivity contribution in [3.05, 3.63) is 0 Å². The van der Waals surface area contributed by atoms with Gasteiger partial charge < -0.3 is 4.74 Å². The fraction of sp³-hybridized carbons (Fsp3) is 0.976. The zero-order chi connectivity index (χ0) is 31.3. The van der Waals surface area contributed by atoms with Crippen LogP contribution in [0.3, 0.4) is 0 Å². The van der Waals surface area contributed by atoms with Crippen LogP contribution in [-0.2, 0) is 9.53 Å². The van der Waals surface area contributed by atoms with Crippen LogP contribution in [-0.4, -0.2) is 12.6 Å². The lowest BCUT2D eigenvalue weighted by Gasteiger charge is -2.17. The summed E-state index contributed by atoms with van der Waals surface area (Å²) in [7, 11) is 0. The average molecular weight is 607 g/mol. The molecule has 2 heteroatoms. The molecule has 2 nitrogen and oxygen atoms in total. The molecule has 0 aromatic carbocycles. The summed E-state index contributed by atoms with van der Waals surface area (Å²) in [5.74, 6) is 0.797. The monoisotopic (exact) mass is 607 g/mol. The number of ether oxygens (including phenoxy) is 1. The van der Waals surface area contributed by atoms with Gasteiger partial charge in [-0.1, -0.05) is 226 Å². The van der Waals surface area contributed by atoms with Gasteiger partial charge in [-0.2, -0.15) is 0 Å². The Morgan fingerprint density at radius 3 is 0.977 bits per heavy atom. The van der Waals surface area contributed by atoms with E-state index in [9.17, 15) is 4.79 Å². The molecule has 0 spiro atoms. The molecule has 0 saturated carbocycles. The molecule has 0 rings (SSSR count). The van der Waals surface area contributed by atoms with Gasteiger partial charge >= 0.3 is 5.97 Å². The third kappa shape index (κ3) is 35.8. The molecule has 0 radical (unpaired) electrons. The summed E-state index contributed by atoms with van der Waals surface area (Å²) in [5, 5.41) is 0. The normalized spacial score (nSPS) is 11.5. The van der Waals surface area contributed by atoms with Gasteiger partial charge in [-0.15, -0.1) is 0 Å². The van der Waals surface area contributed by atoms with Crippen LogP contribution in [0.25, 0.3) is 0 Å². The summed E-state index contributed by atoms with van der Waals surface area (Å²) in [6.07, 6.45) is 47.1. The van der Waals surface area contributed by atoms with Gasteiger partial charge in [0, 0.05) is 6.42 Å². The van der Waals surface area contributed by atoms with E-state index in [2.05, 4.69) is 20.8 Å². The van der Waals surface area contributed by atoms with Crippen LogP contribution in [0.4, 0.5) is 0 Å². The number of rotatable bonds is 37. The van der Waals surface area contributed by atoms with E-state index < -0.39 is 0 Å². The lowest BCUT2D eigenvalue weighted by molar-refractivity contribution is -0.144. The third-order valence-corrected chi connectivity index (χ3v) is 9.71.